The van der Waals surface area contributed by atoms with Crippen LogP contribution in [0.15, 0.2) is 71.4 Å². The number of carbonyl (C=O) groups excluding carboxylic acids is 3. The van der Waals surface area contributed by atoms with Crippen LogP contribution in [0.1, 0.15) is 46.8 Å². The second kappa shape index (κ2) is 10.2. The molecular formula is C28H25Cl2N3O3. The zero-order chi connectivity index (χ0) is 26.1. The number of halogens is 2. The predicted molar refractivity (Wildman–Crippen MR) is 145 cm³/mol. The molecule has 0 aliphatic carbocycles. The van der Waals surface area contributed by atoms with E-state index in [2.05, 4.69) is 24.5 Å². The van der Waals surface area contributed by atoms with Gasteiger partial charge in [-0.3, -0.25) is 14.4 Å². The van der Waals surface area contributed by atoms with E-state index in [1.54, 1.807) is 36.4 Å². The topological polar surface area (TPSA) is 78.5 Å². The van der Waals surface area contributed by atoms with E-state index >= 15 is 0 Å². The number of amides is 3. The average molecular weight is 522 g/mol. The minimum Gasteiger partial charge on any atom is -0.349 e. The Hall–Kier alpha value is -3.61. The molecule has 0 saturated heterocycles. The number of benzene rings is 3. The van der Waals surface area contributed by atoms with Crippen molar-refractivity contribution in [1.82, 2.24) is 0 Å². The van der Waals surface area contributed by atoms with Crippen LogP contribution in [0.4, 0.5) is 17.1 Å². The summed E-state index contributed by atoms with van der Waals surface area (Å²) in [6.45, 7) is 7.92. The molecule has 0 saturated carbocycles. The number of rotatable bonds is 6. The number of carbonyl (C=O) groups is 3. The standard InChI is InChI=1S/C28H25Cl2N3O3/c1-15(2)21-10-5-7-17(4)24(21)32-26(34)18-12-11-16(3)22(13-18)31-25-23(30)27(35)33(28(25)36)20-9-6-8-19(29)14-20/h5-15,31H,1-4H3,(H,32,34). The van der Waals surface area contributed by atoms with Crippen LogP contribution in [0.25, 0.3) is 0 Å². The van der Waals surface area contributed by atoms with Crippen LogP contribution in [0, 0.1) is 13.8 Å². The van der Waals surface area contributed by atoms with E-state index in [-0.39, 0.29) is 22.6 Å². The molecule has 3 aromatic rings. The zero-order valence-electron chi connectivity index (χ0n) is 20.3. The molecule has 8 heteroatoms. The van der Waals surface area contributed by atoms with Crippen molar-refractivity contribution >= 4 is 58.0 Å². The lowest BCUT2D eigenvalue weighted by Crippen LogP contribution is -2.32. The van der Waals surface area contributed by atoms with Gasteiger partial charge in [-0.1, -0.05) is 67.4 Å². The lowest BCUT2D eigenvalue weighted by molar-refractivity contribution is -0.120. The van der Waals surface area contributed by atoms with Crippen LogP contribution in [0.2, 0.25) is 5.02 Å². The fraction of sp³-hybridized carbons (Fsp3) is 0.179. The van der Waals surface area contributed by atoms with Gasteiger partial charge >= 0.3 is 0 Å². The minimum absolute atomic E-state index is 0.0664. The number of hydrogen-bond acceptors (Lipinski definition) is 4. The molecule has 36 heavy (non-hydrogen) atoms. The van der Waals surface area contributed by atoms with Crippen molar-refractivity contribution in [2.24, 2.45) is 0 Å². The highest BCUT2D eigenvalue weighted by Gasteiger charge is 2.39. The Balaban J connectivity index is 1.61. The highest BCUT2D eigenvalue weighted by molar-refractivity contribution is 6.53. The van der Waals surface area contributed by atoms with Gasteiger partial charge in [0.25, 0.3) is 17.7 Å². The lowest BCUT2D eigenvalue weighted by Gasteiger charge is -2.18. The smallest absolute Gasteiger partial charge is 0.283 e. The van der Waals surface area contributed by atoms with Gasteiger partial charge in [-0.25, -0.2) is 4.90 Å². The Labute approximate surface area is 219 Å². The zero-order valence-corrected chi connectivity index (χ0v) is 21.8. The Morgan fingerprint density at radius 3 is 2.31 bits per heavy atom. The van der Waals surface area contributed by atoms with Gasteiger partial charge in [0.15, 0.2) is 0 Å². The van der Waals surface area contributed by atoms with E-state index in [1.165, 1.54) is 6.07 Å². The maximum Gasteiger partial charge on any atom is 0.283 e. The summed E-state index contributed by atoms with van der Waals surface area (Å²) in [6, 6.07) is 17.4. The molecule has 2 N–H and O–H groups in total. The SMILES string of the molecule is Cc1ccc(C(=O)Nc2c(C)cccc2C(C)C)cc1NC1=C(Cl)C(=O)N(c2cccc(Cl)c2)C1=O. The van der Waals surface area contributed by atoms with Crippen LogP contribution >= 0.6 is 23.2 Å². The van der Waals surface area contributed by atoms with Crippen molar-refractivity contribution in [3.05, 3.63) is 98.7 Å². The Morgan fingerprint density at radius 2 is 1.61 bits per heavy atom. The quantitative estimate of drug-likeness (QED) is 0.351. The first-order chi connectivity index (χ1) is 17.1. The van der Waals surface area contributed by atoms with Gasteiger partial charge in [0, 0.05) is 22.0 Å². The molecule has 0 spiro atoms. The van der Waals surface area contributed by atoms with E-state index < -0.39 is 11.8 Å². The molecule has 1 aliphatic rings. The molecule has 184 valence electrons. The number of aryl methyl sites for hydroxylation is 2. The number of nitrogens with zero attached hydrogens (tertiary/aromatic N) is 1. The van der Waals surface area contributed by atoms with Gasteiger partial charge in [0.2, 0.25) is 0 Å². The summed E-state index contributed by atoms with van der Waals surface area (Å²) in [6.07, 6.45) is 0. The molecule has 0 aromatic heterocycles. The van der Waals surface area contributed by atoms with Crippen molar-refractivity contribution in [3.8, 4) is 0 Å². The largest absolute Gasteiger partial charge is 0.349 e. The molecule has 6 nitrogen and oxygen atoms in total. The fourth-order valence-electron chi connectivity index (χ4n) is 4.02. The lowest BCUT2D eigenvalue weighted by atomic mass is 9.98. The Morgan fingerprint density at radius 1 is 0.889 bits per heavy atom. The summed E-state index contributed by atoms with van der Waals surface area (Å²) in [4.78, 5) is 40.0. The normalized spacial score (nSPS) is 13.6. The molecule has 3 aromatic carbocycles. The Kier molecular flexibility index (Phi) is 7.20. The summed E-state index contributed by atoms with van der Waals surface area (Å²) in [7, 11) is 0. The monoisotopic (exact) mass is 521 g/mol. The molecule has 0 atom stereocenters. The number of para-hydroxylation sites is 1. The van der Waals surface area contributed by atoms with Crippen LogP contribution in [-0.4, -0.2) is 17.7 Å². The summed E-state index contributed by atoms with van der Waals surface area (Å²) in [5, 5.41) is 6.15. The molecule has 0 unspecified atom stereocenters. The third-order valence-corrected chi connectivity index (χ3v) is 6.60. The highest BCUT2D eigenvalue weighted by Crippen LogP contribution is 2.33. The van der Waals surface area contributed by atoms with Crippen LogP contribution in [0.3, 0.4) is 0 Å². The predicted octanol–water partition coefficient (Wildman–Crippen LogP) is 6.77. The van der Waals surface area contributed by atoms with Crippen LogP contribution in [-0.2, 0) is 9.59 Å². The van der Waals surface area contributed by atoms with Gasteiger partial charge in [0.05, 0.1) is 5.69 Å². The van der Waals surface area contributed by atoms with E-state index in [0.717, 1.165) is 27.3 Å². The highest BCUT2D eigenvalue weighted by atomic mass is 35.5. The third-order valence-electron chi connectivity index (χ3n) is 6.02. The van der Waals surface area contributed by atoms with Crippen molar-refractivity contribution in [2.45, 2.75) is 33.6 Å². The molecule has 3 amide bonds. The molecule has 4 rings (SSSR count). The van der Waals surface area contributed by atoms with Crippen molar-refractivity contribution in [1.29, 1.82) is 0 Å². The number of imide groups is 1. The van der Waals surface area contributed by atoms with Crippen molar-refractivity contribution in [3.63, 3.8) is 0 Å². The van der Waals surface area contributed by atoms with Gasteiger partial charge in [-0.05, 0) is 66.8 Å². The number of anilines is 3. The van der Waals surface area contributed by atoms with Crippen molar-refractivity contribution < 1.29 is 14.4 Å². The summed E-state index contributed by atoms with van der Waals surface area (Å²) in [5.74, 6) is -1.32. The summed E-state index contributed by atoms with van der Waals surface area (Å²) >= 11 is 12.3. The van der Waals surface area contributed by atoms with Crippen LogP contribution in [0.5, 0.6) is 0 Å². The first-order valence-corrected chi connectivity index (χ1v) is 12.2. The molecular weight excluding hydrogens is 497 g/mol. The van der Waals surface area contributed by atoms with E-state index in [9.17, 15) is 14.4 Å². The molecule has 0 radical (unpaired) electrons. The molecule has 1 heterocycles. The third kappa shape index (κ3) is 4.87. The Bertz CT molecular complexity index is 1430. The maximum atomic E-state index is 13.2. The molecule has 1 aliphatic heterocycles. The van der Waals surface area contributed by atoms with E-state index in [4.69, 9.17) is 23.2 Å². The maximum absolute atomic E-state index is 13.2. The van der Waals surface area contributed by atoms with E-state index in [0.29, 0.717) is 22.0 Å². The first-order valence-electron chi connectivity index (χ1n) is 11.4. The summed E-state index contributed by atoms with van der Waals surface area (Å²) < 4.78 is 0. The second-order valence-electron chi connectivity index (χ2n) is 8.92. The molecule has 0 fully saturated rings. The summed E-state index contributed by atoms with van der Waals surface area (Å²) in [5.41, 5.74) is 4.69. The van der Waals surface area contributed by atoms with Gasteiger partial charge in [0.1, 0.15) is 10.7 Å². The molecule has 0 bridgehead atoms. The van der Waals surface area contributed by atoms with Crippen LogP contribution < -0.4 is 15.5 Å². The van der Waals surface area contributed by atoms with Crippen molar-refractivity contribution in [2.75, 3.05) is 15.5 Å². The van der Waals surface area contributed by atoms with E-state index in [1.807, 2.05) is 32.0 Å². The number of hydrogen-bond donors (Lipinski definition) is 2. The fourth-order valence-corrected chi connectivity index (χ4v) is 4.42. The number of nitrogens with one attached hydrogen (secondary N) is 2. The second-order valence-corrected chi connectivity index (χ2v) is 9.73. The van der Waals surface area contributed by atoms with Gasteiger partial charge in [-0.2, -0.15) is 0 Å². The van der Waals surface area contributed by atoms with Gasteiger partial charge < -0.3 is 10.6 Å². The first kappa shape index (κ1) is 25.5. The minimum atomic E-state index is -0.654. The average Bonchev–Trinajstić information content (AvgIpc) is 3.04. The van der Waals surface area contributed by atoms with Gasteiger partial charge in [-0.15, -0.1) is 0 Å².